The molecule has 0 radical (unpaired) electrons. The van der Waals surface area contributed by atoms with Crippen LogP contribution in [0.1, 0.15) is 172 Å². The van der Waals surface area contributed by atoms with Gasteiger partial charge < -0.3 is 15.2 Å². The molecule has 8 aliphatic carbocycles. The molecular formula is C52H83BrCl2N4O4. The molecule has 0 spiro atoms. The van der Waals surface area contributed by atoms with Crippen molar-refractivity contribution >= 4 is 50.7 Å². The Morgan fingerprint density at radius 2 is 1.14 bits per heavy atom. The summed E-state index contributed by atoms with van der Waals surface area (Å²) in [6.45, 7) is 14.4. The molecule has 0 bridgehead atoms. The number of H-pyrrole nitrogens is 1. The first kappa shape index (κ1) is 51.1. The summed E-state index contributed by atoms with van der Waals surface area (Å²) in [6.07, 6.45) is 27.4. The van der Waals surface area contributed by atoms with Gasteiger partial charge in [-0.25, -0.2) is 4.98 Å². The molecule has 16 atom stereocenters. The van der Waals surface area contributed by atoms with Crippen LogP contribution in [-0.2, 0) is 16.1 Å². The van der Waals surface area contributed by atoms with Crippen LogP contribution in [0.2, 0.25) is 10.2 Å². The summed E-state index contributed by atoms with van der Waals surface area (Å²) < 4.78 is 1.70. The van der Waals surface area contributed by atoms with Crippen molar-refractivity contribution in [3.8, 4) is 0 Å². The fraction of sp³-hybridized carbons (Fsp3) is 0.846. The topological polar surface area (TPSA) is 121 Å². The number of nitrogens with zero attached hydrogens (tertiary/aromatic N) is 3. The lowest BCUT2D eigenvalue weighted by Crippen LogP contribution is -2.55. The standard InChI is InChI=1S/C25H37ClN2O2.C22H35BrO2.C3H3ClN2.2CH4/c1-23(30)10-11-24(2)16(12-23)4-5-18-19-6-7-21(25(19,3)9-8-20(18)24)22(29)15-28-14-17(26)13-27-28;1-20(25)10-11-21(2)14(12-20)4-5-15-16-6-7-18(19(24)13-23)22(16,3)9-8-17(15)21;4-3-1-5-2-6-3;;/h13-14,16,18-21,30H,4-12,15H2,1-3H3;14-18,25H,4-13H2,1-3H3;1-2H,(H,5,6);2*1H4/t16-,18-,19-,20-,21+,23+,24-,25-;14-,15-,16-,17-,18+,20+,21-,22-;;;/m00.../s1. The average molecular weight is 979 g/mol. The highest BCUT2D eigenvalue weighted by atomic mass is 79.9. The molecule has 2 aromatic heterocycles. The van der Waals surface area contributed by atoms with Gasteiger partial charge in [-0.1, -0.05) is 81.7 Å². The average Bonchev–Trinajstić information content (AvgIpc) is 4.01. The van der Waals surface area contributed by atoms with E-state index in [0.717, 1.165) is 74.5 Å². The maximum absolute atomic E-state index is 13.3. The highest BCUT2D eigenvalue weighted by Gasteiger charge is 2.63. The van der Waals surface area contributed by atoms with E-state index in [1.807, 2.05) is 13.8 Å². The highest BCUT2D eigenvalue weighted by molar-refractivity contribution is 9.09. The predicted octanol–water partition coefficient (Wildman–Crippen LogP) is 13.2. The van der Waals surface area contributed by atoms with Crippen LogP contribution in [0, 0.1) is 80.8 Å². The first-order valence-electron chi connectivity index (χ1n) is 24.1. The molecule has 2 heterocycles. The number of Topliss-reactive ketones (excluding diaryl/α,β-unsaturated/α-hetero) is 2. The summed E-state index contributed by atoms with van der Waals surface area (Å²) in [5.41, 5.74) is 0.264. The lowest BCUT2D eigenvalue weighted by molar-refractivity contribution is -0.151. The molecule has 8 aliphatic rings. The van der Waals surface area contributed by atoms with E-state index in [9.17, 15) is 19.8 Å². The van der Waals surface area contributed by atoms with Crippen LogP contribution < -0.4 is 0 Å². The fourth-order valence-corrected chi connectivity index (χ4v) is 17.6. The van der Waals surface area contributed by atoms with E-state index >= 15 is 0 Å². The minimum atomic E-state index is -0.472. The van der Waals surface area contributed by atoms with Crippen molar-refractivity contribution in [2.45, 2.75) is 190 Å². The van der Waals surface area contributed by atoms with Gasteiger partial charge in [-0.15, -0.1) is 0 Å². The maximum Gasteiger partial charge on any atom is 0.157 e. The van der Waals surface area contributed by atoms with E-state index in [2.05, 4.69) is 58.7 Å². The maximum atomic E-state index is 13.3. The zero-order valence-electron chi connectivity index (χ0n) is 37.9. The number of carbonyl (C=O) groups is 2. The number of rotatable bonds is 5. The molecule has 3 N–H and O–H groups in total. The highest BCUT2D eigenvalue weighted by Crippen LogP contribution is 2.70. The van der Waals surface area contributed by atoms with Gasteiger partial charge in [-0.3, -0.25) is 14.3 Å². The van der Waals surface area contributed by atoms with Crippen LogP contribution in [0.25, 0.3) is 0 Å². The number of aromatic amines is 1. The number of hydrogen-bond acceptors (Lipinski definition) is 6. The molecule has 10 rings (SSSR count). The fourth-order valence-electron chi connectivity index (χ4n) is 16.9. The number of nitrogens with one attached hydrogen (secondary N) is 1. The van der Waals surface area contributed by atoms with Crippen molar-refractivity contribution in [3.63, 3.8) is 0 Å². The van der Waals surface area contributed by atoms with Crippen molar-refractivity contribution in [3.05, 3.63) is 35.1 Å². The van der Waals surface area contributed by atoms with Crippen LogP contribution in [0.4, 0.5) is 0 Å². The molecule has 0 unspecified atom stereocenters. The zero-order chi connectivity index (χ0) is 43.8. The Labute approximate surface area is 399 Å². The summed E-state index contributed by atoms with van der Waals surface area (Å²) in [4.78, 5) is 32.1. The van der Waals surface area contributed by atoms with Crippen LogP contribution in [0.15, 0.2) is 24.9 Å². The first-order chi connectivity index (χ1) is 28.7. The molecule has 8 nitrogen and oxygen atoms in total. The predicted molar refractivity (Wildman–Crippen MR) is 260 cm³/mol. The van der Waals surface area contributed by atoms with Crippen molar-refractivity contribution in [2.75, 3.05) is 5.33 Å². The van der Waals surface area contributed by atoms with Crippen LogP contribution in [0.5, 0.6) is 0 Å². The van der Waals surface area contributed by atoms with Crippen LogP contribution in [-0.4, -0.2) is 58.1 Å². The molecule has 8 saturated carbocycles. The van der Waals surface area contributed by atoms with Crippen molar-refractivity contribution < 1.29 is 19.8 Å². The molecule has 0 amide bonds. The first-order valence-corrected chi connectivity index (χ1v) is 26.0. The van der Waals surface area contributed by atoms with Gasteiger partial charge in [0.1, 0.15) is 10.9 Å². The lowest BCUT2D eigenvalue weighted by Gasteiger charge is -2.61. The van der Waals surface area contributed by atoms with Gasteiger partial charge in [0.05, 0.1) is 46.8 Å². The number of imidazole rings is 1. The van der Waals surface area contributed by atoms with Gasteiger partial charge in [-0.2, -0.15) is 5.10 Å². The van der Waals surface area contributed by atoms with E-state index < -0.39 is 11.2 Å². The van der Waals surface area contributed by atoms with Crippen molar-refractivity contribution in [1.29, 1.82) is 0 Å². The Morgan fingerprint density at radius 1 is 0.667 bits per heavy atom. The van der Waals surface area contributed by atoms with Gasteiger partial charge in [-0.05, 0) is 198 Å². The number of ketones is 2. The molecule has 63 heavy (non-hydrogen) atoms. The van der Waals surface area contributed by atoms with E-state index in [4.69, 9.17) is 23.2 Å². The largest absolute Gasteiger partial charge is 0.390 e. The second-order valence-corrected chi connectivity index (χ2v) is 24.8. The monoisotopic (exact) mass is 976 g/mol. The molecular weight excluding hydrogens is 895 g/mol. The van der Waals surface area contributed by atoms with E-state index in [0.29, 0.717) is 62.2 Å². The molecule has 2 aromatic rings. The van der Waals surface area contributed by atoms with Gasteiger partial charge >= 0.3 is 0 Å². The second kappa shape index (κ2) is 19.0. The van der Waals surface area contributed by atoms with Crippen LogP contribution in [0.3, 0.4) is 0 Å². The Morgan fingerprint density at radius 3 is 1.54 bits per heavy atom. The minimum absolute atomic E-state index is 0. The SMILES string of the molecule is C.C.C[C@@]1(O)CC[C@@]2(C)[C@@H](CC[C@@H]3[C@@H]2CC[C@]2(C)[C@@H](C(=O)CBr)CC[C@@H]32)C1.C[C@@]1(O)CC[C@@]2(C)[C@@H](CC[C@@H]3[C@@H]2CC[C@]2(C)[C@@H](C(=O)Cn4cc(Cl)cn4)CC[C@@H]32)C1.Clc1cnc[nH]1. The minimum Gasteiger partial charge on any atom is -0.390 e. The van der Waals surface area contributed by atoms with E-state index in [1.54, 1.807) is 23.3 Å². The molecule has 11 heteroatoms. The third-order valence-corrected chi connectivity index (χ3v) is 21.2. The molecule has 0 aliphatic heterocycles. The van der Waals surface area contributed by atoms with Crippen molar-refractivity contribution in [2.24, 2.45) is 80.8 Å². The Balaban J connectivity index is 0.000000182. The number of halogens is 3. The van der Waals surface area contributed by atoms with Gasteiger partial charge in [0, 0.05) is 18.0 Å². The lowest BCUT2D eigenvalue weighted by atomic mass is 9.44. The third-order valence-electron chi connectivity index (χ3n) is 20.2. The molecule has 8 fully saturated rings. The Hall–Kier alpha value is -1.26. The quantitative estimate of drug-likeness (QED) is 0.257. The van der Waals surface area contributed by atoms with Crippen molar-refractivity contribution in [1.82, 2.24) is 19.7 Å². The van der Waals surface area contributed by atoms with Crippen LogP contribution >= 0.6 is 39.1 Å². The molecule has 0 aromatic carbocycles. The summed E-state index contributed by atoms with van der Waals surface area (Å²) >= 11 is 14.8. The zero-order valence-corrected chi connectivity index (χ0v) is 41.0. The second-order valence-electron chi connectivity index (χ2n) is 23.4. The number of fused-ring (bicyclic) bond motifs is 10. The van der Waals surface area contributed by atoms with Gasteiger partial charge in [0.2, 0.25) is 0 Å². The number of alkyl halides is 1. The van der Waals surface area contributed by atoms with E-state index in [1.165, 1.54) is 77.0 Å². The molecule has 356 valence electrons. The Kier molecular flexibility index (Phi) is 15.4. The Bertz CT molecular complexity index is 1890. The summed E-state index contributed by atoms with van der Waals surface area (Å²) in [6, 6.07) is 0. The summed E-state index contributed by atoms with van der Waals surface area (Å²) in [5, 5.41) is 27.2. The molecule has 0 saturated heterocycles. The van der Waals surface area contributed by atoms with Gasteiger partial charge in [0.25, 0.3) is 0 Å². The number of aliphatic hydroxyl groups is 2. The number of hydrogen-bond donors (Lipinski definition) is 3. The number of aromatic nitrogens is 4. The van der Waals surface area contributed by atoms with Gasteiger partial charge in [0.15, 0.2) is 5.78 Å². The van der Waals surface area contributed by atoms with E-state index in [-0.39, 0.29) is 37.5 Å². The smallest absolute Gasteiger partial charge is 0.157 e. The summed E-state index contributed by atoms with van der Waals surface area (Å²) in [7, 11) is 0. The third kappa shape index (κ3) is 9.47. The number of carbonyl (C=O) groups excluding carboxylic acids is 2. The normalized spacial score (nSPS) is 45.6. The summed E-state index contributed by atoms with van der Waals surface area (Å²) in [5.74, 6) is 7.16.